The molecule has 4 nitrogen and oxygen atoms in total. The first-order valence-electron chi connectivity index (χ1n) is 4.61. The number of aliphatic hydroxyl groups is 2. The van der Waals surface area contributed by atoms with E-state index in [4.69, 9.17) is 20.4 Å². The summed E-state index contributed by atoms with van der Waals surface area (Å²) in [7, 11) is 0. The van der Waals surface area contributed by atoms with Gasteiger partial charge in [-0.05, 0) is 24.3 Å². The topological polar surface area (TPSA) is 80.9 Å². The van der Waals surface area contributed by atoms with Crippen LogP contribution >= 0.6 is 0 Å². The summed E-state index contributed by atoms with van der Waals surface area (Å²) < 4.78 is 0. The molecule has 0 heterocycles. The molecular formula is C11H18O4. The molecule has 0 unspecified atom stereocenters. The molecule has 15 heavy (non-hydrogen) atoms. The van der Waals surface area contributed by atoms with Gasteiger partial charge in [-0.3, -0.25) is 0 Å². The lowest BCUT2D eigenvalue weighted by atomic mass is 9.97. The van der Waals surface area contributed by atoms with Crippen molar-refractivity contribution >= 4 is 0 Å². The molecule has 4 N–H and O–H groups in total. The van der Waals surface area contributed by atoms with E-state index in [1.54, 1.807) is 13.8 Å². The zero-order chi connectivity index (χ0) is 11.9. The normalized spacial score (nSPS) is 10.4. The standard InChI is InChI=1S/C6H6O2.C5H12O2/c7-5-1-2-6(8)4-3-5;1-5(2,3-6)4-7/h1-4,7-8H;6-7H,3-4H2,1-2H3. The highest BCUT2D eigenvalue weighted by molar-refractivity contribution is 5.28. The Morgan fingerprint density at radius 1 is 0.867 bits per heavy atom. The summed E-state index contributed by atoms with van der Waals surface area (Å²) in [5, 5.41) is 34.2. The summed E-state index contributed by atoms with van der Waals surface area (Å²) in [5.41, 5.74) is -0.306. The highest BCUT2D eigenvalue weighted by Crippen LogP contribution is 2.13. The van der Waals surface area contributed by atoms with Crippen LogP contribution in [0.1, 0.15) is 13.8 Å². The fourth-order valence-electron chi connectivity index (χ4n) is 0.503. The molecule has 0 fully saturated rings. The van der Waals surface area contributed by atoms with Gasteiger partial charge in [-0.1, -0.05) is 13.8 Å². The summed E-state index contributed by atoms with van der Waals surface area (Å²) >= 11 is 0. The van der Waals surface area contributed by atoms with Crippen LogP contribution in [-0.4, -0.2) is 33.6 Å². The van der Waals surface area contributed by atoms with Crippen molar-refractivity contribution in [2.45, 2.75) is 13.8 Å². The van der Waals surface area contributed by atoms with Crippen LogP contribution in [0.25, 0.3) is 0 Å². The molecule has 0 aliphatic rings. The van der Waals surface area contributed by atoms with E-state index >= 15 is 0 Å². The largest absolute Gasteiger partial charge is 0.508 e. The molecule has 0 saturated heterocycles. The Balaban J connectivity index is 0.000000265. The van der Waals surface area contributed by atoms with Crippen LogP contribution in [-0.2, 0) is 0 Å². The molecule has 86 valence electrons. The van der Waals surface area contributed by atoms with Crippen molar-refractivity contribution in [3.8, 4) is 11.5 Å². The lowest BCUT2D eigenvalue weighted by Gasteiger charge is -2.16. The second-order valence-electron chi connectivity index (χ2n) is 4.00. The van der Waals surface area contributed by atoms with Crippen LogP contribution < -0.4 is 0 Å². The molecule has 0 aliphatic heterocycles. The molecule has 1 rings (SSSR count). The molecule has 0 saturated carbocycles. The minimum atomic E-state index is -0.306. The van der Waals surface area contributed by atoms with Gasteiger partial charge >= 0.3 is 0 Å². The molecule has 0 aliphatic carbocycles. The van der Waals surface area contributed by atoms with Crippen molar-refractivity contribution in [1.82, 2.24) is 0 Å². The number of phenols is 2. The van der Waals surface area contributed by atoms with Gasteiger partial charge in [0, 0.05) is 5.41 Å². The lowest BCUT2D eigenvalue weighted by Crippen LogP contribution is -2.20. The van der Waals surface area contributed by atoms with Crippen molar-refractivity contribution in [1.29, 1.82) is 0 Å². The summed E-state index contributed by atoms with van der Waals surface area (Å²) in [6.45, 7) is 3.69. The first kappa shape index (κ1) is 13.7. The number of rotatable bonds is 2. The Morgan fingerprint density at radius 2 is 1.13 bits per heavy atom. The SMILES string of the molecule is CC(C)(CO)CO.Oc1ccc(O)cc1. The van der Waals surface area contributed by atoms with Gasteiger partial charge in [0.05, 0.1) is 13.2 Å². The number of hydrogen-bond acceptors (Lipinski definition) is 4. The first-order chi connectivity index (χ1) is 6.91. The number of benzene rings is 1. The molecule has 0 spiro atoms. The average Bonchev–Trinajstić information content (AvgIpc) is 2.23. The summed E-state index contributed by atoms with van der Waals surface area (Å²) in [6, 6.07) is 5.70. The smallest absolute Gasteiger partial charge is 0.115 e. The summed E-state index contributed by atoms with van der Waals surface area (Å²) in [5.74, 6) is 0.339. The molecule has 0 atom stereocenters. The maximum absolute atomic E-state index is 8.65. The van der Waals surface area contributed by atoms with Crippen LogP contribution in [0.3, 0.4) is 0 Å². The zero-order valence-electron chi connectivity index (χ0n) is 9.01. The van der Waals surface area contributed by atoms with Crippen molar-refractivity contribution in [2.24, 2.45) is 5.41 Å². The predicted octanol–water partition coefficient (Wildman–Crippen LogP) is 1.09. The molecule has 0 radical (unpaired) electrons. The third-order valence-corrected chi connectivity index (χ3v) is 1.71. The van der Waals surface area contributed by atoms with Gasteiger partial charge in [0.1, 0.15) is 11.5 Å². The van der Waals surface area contributed by atoms with E-state index in [0.717, 1.165) is 0 Å². The Kier molecular flexibility index (Phi) is 5.74. The van der Waals surface area contributed by atoms with Crippen LogP contribution in [0.4, 0.5) is 0 Å². The van der Waals surface area contributed by atoms with E-state index in [1.807, 2.05) is 0 Å². The van der Waals surface area contributed by atoms with E-state index in [2.05, 4.69) is 0 Å². The molecule has 0 bridgehead atoms. The highest BCUT2D eigenvalue weighted by Gasteiger charge is 2.13. The first-order valence-corrected chi connectivity index (χ1v) is 4.61. The van der Waals surface area contributed by atoms with Crippen molar-refractivity contribution in [2.75, 3.05) is 13.2 Å². The highest BCUT2D eigenvalue weighted by atomic mass is 16.3. The fourth-order valence-corrected chi connectivity index (χ4v) is 0.503. The number of phenolic OH excluding ortho intramolecular Hbond substituents is 2. The van der Waals surface area contributed by atoms with Gasteiger partial charge in [-0.2, -0.15) is 0 Å². The molecule has 0 amide bonds. The minimum Gasteiger partial charge on any atom is -0.508 e. The second-order valence-corrected chi connectivity index (χ2v) is 4.00. The molecule has 4 heteroatoms. The maximum Gasteiger partial charge on any atom is 0.115 e. The molecule has 1 aromatic carbocycles. The van der Waals surface area contributed by atoms with Crippen molar-refractivity contribution in [3.63, 3.8) is 0 Å². The van der Waals surface area contributed by atoms with Gasteiger partial charge in [-0.25, -0.2) is 0 Å². The Bertz CT molecular complexity index is 239. The van der Waals surface area contributed by atoms with Crippen LogP contribution in [0.2, 0.25) is 0 Å². The predicted molar refractivity (Wildman–Crippen MR) is 57.7 cm³/mol. The van der Waals surface area contributed by atoms with Gasteiger partial charge < -0.3 is 20.4 Å². The number of aromatic hydroxyl groups is 2. The van der Waals surface area contributed by atoms with Crippen molar-refractivity contribution < 1.29 is 20.4 Å². The summed E-state index contributed by atoms with van der Waals surface area (Å²) in [4.78, 5) is 0. The quantitative estimate of drug-likeness (QED) is 0.556. The Labute approximate surface area is 89.4 Å². The second kappa shape index (κ2) is 6.27. The lowest BCUT2D eigenvalue weighted by molar-refractivity contribution is 0.0857. The molecular weight excluding hydrogens is 196 g/mol. The van der Waals surface area contributed by atoms with Crippen LogP contribution in [0.15, 0.2) is 24.3 Å². The molecule has 1 aromatic rings. The van der Waals surface area contributed by atoms with Gasteiger partial charge in [0.25, 0.3) is 0 Å². The molecule has 0 aromatic heterocycles. The number of hydrogen-bond donors (Lipinski definition) is 4. The fraction of sp³-hybridized carbons (Fsp3) is 0.455. The average molecular weight is 214 g/mol. The maximum atomic E-state index is 8.65. The summed E-state index contributed by atoms with van der Waals surface area (Å²) in [6.07, 6.45) is 0. The zero-order valence-corrected chi connectivity index (χ0v) is 9.01. The van der Waals surface area contributed by atoms with Gasteiger partial charge in [-0.15, -0.1) is 0 Å². The van der Waals surface area contributed by atoms with Crippen molar-refractivity contribution in [3.05, 3.63) is 24.3 Å². The third kappa shape index (κ3) is 6.76. The van der Waals surface area contributed by atoms with Crippen LogP contribution in [0, 0.1) is 5.41 Å². The van der Waals surface area contributed by atoms with E-state index in [0.29, 0.717) is 0 Å². The van der Waals surface area contributed by atoms with Crippen LogP contribution in [0.5, 0.6) is 11.5 Å². The van der Waals surface area contributed by atoms with Gasteiger partial charge in [0.15, 0.2) is 0 Å². The third-order valence-electron chi connectivity index (χ3n) is 1.71. The minimum absolute atomic E-state index is 0.0451. The van der Waals surface area contributed by atoms with E-state index in [-0.39, 0.29) is 30.1 Å². The van der Waals surface area contributed by atoms with E-state index in [9.17, 15) is 0 Å². The van der Waals surface area contributed by atoms with E-state index in [1.165, 1.54) is 24.3 Å². The Hall–Kier alpha value is -1.26. The number of aliphatic hydroxyl groups excluding tert-OH is 2. The Morgan fingerprint density at radius 3 is 1.27 bits per heavy atom. The van der Waals surface area contributed by atoms with E-state index < -0.39 is 0 Å². The monoisotopic (exact) mass is 214 g/mol. The van der Waals surface area contributed by atoms with Gasteiger partial charge in [0.2, 0.25) is 0 Å².